The maximum atomic E-state index is 12.3. The van der Waals surface area contributed by atoms with E-state index in [9.17, 15) is 9.59 Å². The Morgan fingerprint density at radius 1 is 1.00 bits per heavy atom. The lowest BCUT2D eigenvalue weighted by Crippen LogP contribution is -2.14. The number of carbonyl (C=O) groups is 2. The Hall–Kier alpha value is -0.580. The van der Waals surface area contributed by atoms with Crippen molar-refractivity contribution >= 4 is 85.9 Å². The first-order chi connectivity index (χ1) is 10.3. The number of rotatable bonds is 3. The molecule has 0 aromatic heterocycles. The lowest BCUT2D eigenvalue weighted by atomic mass is 10.1. The van der Waals surface area contributed by atoms with Gasteiger partial charge in [0.15, 0.2) is 0 Å². The summed E-state index contributed by atoms with van der Waals surface area (Å²) in [5, 5.41) is 11.9. The summed E-state index contributed by atoms with van der Waals surface area (Å²) in [4.78, 5) is 23.4. The third-order valence-electron chi connectivity index (χ3n) is 2.71. The average molecular weight is 562 g/mol. The molecule has 2 aromatic rings. The fraction of sp³-hybridized carbons (Fsp3) is 0. The molecule has 0 aliphatic heterocycles. The van der Waals surface area contributed by atoms with Gasteiger partial charge < -0.3 is 10.4 Å². The summed E-state index contributed by atoms with van der Waals surface area (Å²) >= 11 is 16.0. The molecular formula is C14H7Cl2I2NO3. The van der Waals surface area contributed by atoms with E-state index in [0.29, 0.717) is 5.56 Å². The predicted octanol–water partition coefficient (Wildman–Crippen LogP) is 5.15. The first-order valence-corrected chi connectivity index (χ1v) is 8.69. The summed E-state index contributed by atoms with van der Waals surface area (Å²) < 4.78 is 1.69. The van der Waals surface area contributed by atoms with Gasteiger partial charge in [-0.15, -0.1) is 0 Å². The molecule has 2 N–H and O–H groups in total. The molecule has 114 valence electrons. The van der Waals surface area contributed by atoms with Crippen molar-refractivity contribution in [2.75, 3.05) is 5.32 Å². The number of anilines is 1. The number of carboxylic acids is 1. The molecule has 1 amide bonds. The highest BCUT2D eigenvalue weighted by Gasteiger charge is 2.16. The van der Waals surface area contributed by atoms with Crippen LogP contribution in [0.4, 0.5) is 5.69 Å². The Morgan fingerprint density at radius 2 is 1.68 bits per heavy atom. The Morgan fingerprint density at radius 3 is 2.32 bits per heavy atom. The summed E-state index contributed by atoms with van der Waals surface area (Å²) in [6.07, 6.45) is 0. The highest BCUT2D eigenvalue weighted by atomic mass is 127. The van der Waals surface area contributed by atoms with E-state index in [2.05, 4.69) is 50.5 Å². The van der Waals surface area contributed by atoms with Gasteiger partial charge in [-0.25, -0.2) is 4.79 Å². The van der Waals surface area contributed by atoms with Crippen LogP contribution in [0.1, 0.15) is 20.7 Å². The molecule has 0 radical (unpaired) electrons. The van der Waals surface area contributed by atoms with Crippen LogP contribution in [0.2, 0.25) is 10.0 Å². The molecule has 0 saturated heterocycles. The summed E-state index contributed by atoms with van der Waals surface area (Å²) in [5.74, 6) is -1.57. The quantitative estimate of drug-likeness (QED) is 0.509. The number of halogens is 4. The summed E-state index contributed by atoms with van der Waals surface area (Å²) in [5.41, 5.74) is 0.553. The van der Waals surface area contributed by atoms with Gasteiger partial charge in [0.25, 0.3) is 5.91 Å². The number of benzene rings is 2. The van der Waals surface area contributed by atoms with Crippen LogP contribution >= 0.6 is 68.4 Å². The maximum Gasteiger partial charge on any atom is 0.337 e. The fourth-order valence-corrected chi connectivity index (χ4v) is 3.25. The summed E-state index contributed by atoms with van der Waals surface area (Å²) in [6, 6.07) is 7.98. The third kappa shape index (κ3) is 4.03. The molecular weight excluding hydrogens is 555 g/mol. The zero-order valence-electron chi connectivity index (χ0n) is 10.7. The standard InChI is InChI=1S/C14H7Cl2I2NO3/c15-9-5-10(16)12(4-7(9)14(21)22)19-13(20)8-3-6(17)1-2-11(8)18/h1-5H,(H,19,20)(H,21,22). The van der Waals surface area contributed by atoms with Gasteiger partial charge in [-0.05, 0) is 75.5 Å². The van der Waals surface area contributed by atoms with E-state index in [0.717, 1.165) is 7.14 Å². The van der Waals surface area contributed by atoms with Crippen LogP contribution in [-0.4, -0.2) is 17.0 Å². The first-order valence-electron chi connectivity index (χ1n) is 5.78. The van der Waals surface area contributed by atoms with Crippen molar-refractivity contribution in [3.63, 3.8) is 0 Å². The number of amides is 1. The normalized spacial score (nSPS) is 10.4. The second kappa shape index (κ2) is 7.33. The average Bonchev–Trinajstić information content (AvgIpc) is 2.43. The lowest BCUT2D eigenvalue weighted by molar-refractivity contribution is 0.0696. The molecule has 0 unspecified atom stereocenters. The van der Waals surface area contributed by atoms with E-state index in [4.69, 9.17) is 28.3 Å². The topological polar surface area (TPSA) is 66.4 Å². The van der Waals surface area contributed by atoms with Gasteiger partial charge in [-0.1, -0.05) is 23.2 Å². The fourth-order valence-electron chi connectivity index (χ4n) is 1.67. The van der Waals surface area contributed by atoms with Crippen molar-refractivity contribution in [2.24, 2.45) is 0 Å². The van der Waals surface area contributed by atoms with E-state index in [1.54, 1.807) is 6.07 Å². The number of carbonyl (C=O) groups excluding carboxylic acids is 1. The monoisotopic (exact) mass is 561 g/mol. The highest BCUT2D eigenvalue weighted by molar-refractivity contribution is 14.1. The molecule has 0 bridgehead atoms. The summed E-state index contributed by atoms with van der Waals surface area (Å²) in [6.45, 7) is 0. The second-order valence-corrected chi connectivity index (χ2v) is 7.42. The molecule has 0 atom stereocenters. The van der Waals surface area contributed by atoms with Crippen molar-refractivity contribution < 1.29 is 14.7 Å². The van der Waals surface area contributed by atoms with E-state index in [-0.39, 0.29) is 27.2 Å². The Kier molecular flexibility index (Phi) is 5.92. The minimum Gasteiger partial charge on any atom is -0.478 e. The van der Waals surface area contributed by atoms with Crippen LogP contribution in [0.15, 0.2) is 30.3 Å². The Balaban J connectivity index is 2.38. The number of nitrogens with one attached hydrogen (secondary N) is 1. The van der Waals surface area contributed by atoms with E-state index < -0.39 is 5.97 Å². The highest BCUT2D eigenvalue weighted by Crippen LogP contribution is 2.30. The second-order valence-electron chi connectivity index (χ2n) is 4.20. The van der Waals surface area contributed by atoms with Crippen LogP contribution in [0, 0.1) is 7.14 Å². The van der Waals surface area contributed by atoms with Gasteiger partial charge in [0, 0.05) is 7.14 Å². The predicted molar refractivity (Wildman–Crippen MR) is 103 cm³/mol. The van der Waals surface area contributed by atoms with Crippen LogP contribution < -0.4 is 5.32 Å². The minimum atomic E-state index is -1.19. The van der Waals surface area contributed by atoms with Crippen molar-refractivity contribution in [1.29, 1.82) is 0 Å². The maximum absolute atomic E-state index is 12.3. The van der Waals surface area contributed by atoms with E-state index >= 15 is 0 Å². The molecule has 8 heteroatoms. The molecule has 0 heterocycles. The minimum absolute atomic E-state index is 0.0133. The van der Waals surface area contributed by atoms with E-state index in [1.807, 2.05) is 12.1 Å². The molecule has 0 saturated carbocycles. The van der Waals surface area contributed by atoms with Gasteiger partial charge in [0.05, 0.1) is 26.9 Å². The molecule has 0 spiro atoms. The van der Waals surface area contributed by atoms with Gasteiger partial charge >= 0.3 is 5.97 Å². The molecule has 2 rings (SSSR count). The molecule has 4 nitrogen and oxygen atoms in total. The van der Waals surface area contributed by atoms with E-state index in [1.165, 1.54) is 12.1 Å². The molecule has 22 heavy (non-hydrogen) atoms. The first kappa shape index (κ1) is 17.8. The van der Waals surface area contributed by atoms with Gasteiger partial charge in [-0.3, -0.25) is 4.79 Å². The third-order valence-corrected chi connectivity index (χ3v) is 4.95. The van der Waals surface area contributed by atoms with Gasteiger partial charge in [0.1, 0.15) is 0 Å². The Bertz CT molecular complexity index is 781. The smallest absolute Gasteiger partial charge is 0.337 e. The molecule has 2 aromatic carbocycles. The molecule has 0 aliphatic carbocycles. The van der Waals surface area contributed by atoms with Crippen molar-refractivity contribution in [3.05, 3.63) is 58.6 Å². The van der Waals surface area contributed by atoms with Crippen molar-refractivity contribution in [3.8, 4) is 0 Å². The Labute approximate surface area is 163 Å². The van der Waals surface area contributed by atoms with Crippen LogP contribution in [0.3, 0.4) is 0 Å². The van der Waals surface area contributed by atoms with Crippen LogP contribution in [-0.2, 0) is 0 Å². The molecule has 0 fully saturated rings. The molecule has 0 aliphatic rings. The van der Waals surface area contributed by atoms with Gasteiger partial charge in [0.2, 0.25) is 0 Å². The zero-order chi connectivity index (χ0) is 16.4. The lowest BCUT2D eigenvalue weighted by Gasteiger charge is -2.11. The van der Waals surface area contributed by atoms with Crippen LogP contribution in [0.5, 0.6) is 0 Å². The number of aromatic carboxylic acids is 1. The number of hydrogen-bond acceptors (Lipinski definition) is 2. The van der Waals surface area contributed by atoms with Crippen molar-refractivity contribution in [2.45, 2.75) is 0 Å². The SMILES string of the molecule is O=C(O)c1cc(NC(=O)c2cc(I)ccc2I)c(Cl)cc1Cl. The van der Waals surface area contributed by atoms with Crippen LogP contribution in [0.25, 0.3) is 0 Å². The number of carboxylic acid groups (broad SMARTS) is 1. The van der Waals surface area contributed by atoms with Crippen molar-refractivity contribution in [1.82, 2.24) is 0 Å². The zero-order valence-corrected chi connectivity index (χ0v) is 16.5. The number of hydrogen-bond donors (Lipinski definition) is 2. The largest absolute Gasteiger partial charge is 0.478 e. The van der Waals surface area contributed by atoms with Gasteiger partial charge in [-0.2, -0.15) is 0 Å². The summed E-state index contributed by atoms with van der Waals surface area (Å²) in [7, 11) is 0.